The first-order valence-electron chi connectivity index (χ1n) is 8.33. The van der Waals surface area contributed by atoms with Gasteiger partial charge in [0.1, 0.15) is 11.6 Å². The Hall–Kier alpha value is -2.37. The van der Waals surface area contributed by atoms with Crippen molar-refractivity contribution in [1.82, 2.24) is 20.2 Å². The first-order valence-corrected chi connectivity index (χ1v) is 8.33. The summed E-state index contributed by atoms with van der Waals surface area (Å²) >= 11 is 0. The summed E-state index contributed by atoms with van der Waals surface area (Å²) in [6, 6.07) is 6.50. The van der Waals surface area contributed by atoms with Crippen LogP contribution in [0.3, 0.4) is 0 Å². The van der Waals surface area contributed by atoms with Gasteiger partial charge < -0.3 is 15.2 Å². The lowest BCUT2D eigenvalue weighted by atomic mass is 10.1. The number of urea groups is 1. The summed E-state index contributed by atoms with van der Waals surface area (Å²) in [4.78, 5) is 16.3. The normalized spacial score (nSPS) is 19.3. The molecule has 0 radical (unpaired) electrons. The van der Waals surface area contributed by atoms with Crippen molar-refractivity contribution >= 4 is 6.03 Å². The molecule has 3 rings (SSSR count). The van der Waals surface area contributed by atoms with Gasteiger partial charge in [-0.1, -0.05) is 32.0 Å². The third-order valence-electron chi connectivity index (χ3n) is 4.18. The van der Waals surface area contributed by atoms with Crippen LogP contribution in [-0.2, 0) is 13.1 Å². The van der Waals surface area contributed by atoms with Crippen LogP contribution in [0.4, 0.5) is 9.18 Å². The van der Waals surface area contributed by atoms with E-state index in [1.807, 2.05) is 16.8 Å². The van der Waals surface area contributed by atoms with Crippen molar-refractivity contribution < 1.29 is 9.18 Å². The summed E-state index contributed by atoms with van der Waals surface area (Å²) in [6.07, 6.45) is 4.44. The standard InChI is InChI=1S/C18H23FN4O/c1-12(2)11-23-8-7-20-17(23)10-21-18(24)22-16-9-14(16)13-5-3-4-6-15(13)19/h3-8,12,14,16H,9-11H2,1-2H3,(H2,21,22,24)/t14-,16-/m1/s1. The minimum absolute atomic E-state index is 0.00249. The number of nitrogens with one attached hydrogen (secondary N) is 2. The molecule has 5 nitrogen and oxygen atoms in total. The Bertz CT molecular complexity index is 713. The van der Waals surface area contributed by atoms with E-state index in [0.29, 0.717) is 18.0 Å². The zero-order valence-electron chi connectivity index (χ0n) is 14.0. The summed E-state index contributed by atoms with van der Waals surface area (Å²) in [5.41, 5.74) is 0.676. The number of nitrogens with zero attached hydrogens (tertiary/aromatic N) is 2. The predicted octanol–water partition coefficient (Wildman–Crippen LogP) is 3.03. The van der Waals surface area contributed by atoms with Crippen LogP contribution in [0.15, 0.2) is 36.7 Å². The van der Waals surface area contributed by atoms with Gasteiger partial charge in [0.05, 0.1) is 6.54 Å². The molecule has 24 heavy (non-hydrogen) atoms. The topological polar surface area (TPSA) is 59.0 Å². The molecular weight excluding hydrogens is 307 g/mol. The number of imidazole rings is 1. The number of halogens is 1. The number of carbonyl (C=O) groups is 1. The molecule has 1 aromatic heterocycles. The molecule has 0 bridgehead atoms. The molecule has 1 heterocycles. The van der Waals surface area contributed by atoms with Gasteiger partial charge in [-0.2, -0.15) is 0 Å². The molecule has 1 aliphatic rings. The summed E-state index contributed by atoms with van der Waals surface area (Å²) in [7, 11) is 0. The number of hydrogen-bond donors (Lipinski definition) is 2. The second-order valence-electron chi connectivity index (χ2n) is 6.69. The van der Waals surface area contributed by atoms with Gasteiger partial charge in [0, 0.05) is 30.9 Å². The van der Waals surface area contributed by atoms with Crippen molar-refractivity contribution in [3.63, 3.8) is 0 Å². The molecule has 1 aromatic carbocycles. The number of amides is 2. The summed E-state index contributed by atoms with van der Waals surface area (Å²) in [5, 5.41) is 5.73. The molecule has 1 fully saturated rings. The monoisotopic (exact) mass is 330 g/mol. The van der Waals surface area contributed by atoms with Crippen LogP contribution < -0.4 is 10.6 Å². The fraction of sp³-hybridized carbons (Fsp3) is 0.444. The van der Waals surface area contributed by atoms with Crippen molar-refractivity contribution in [2.45, 2.75) is 45.3 Å². The minimum Gasteiger partial charge on any atom is -0.335 e. The molecule has 2 amide bonds. The molecule has 128 valence electrons. The lowest BCUT2D eigenvalue weighted by Gasteiger charge is -2.11. The van der Waals surface area contributed by atoms with Crippen molar-refractivity contribution in [1.29, 1.82) is 0 Å². The van der Waals surface area contributed by atoms with Crippen LogP contribution in [0.1, 0.15) is 37.6 Å². The largest absolute Gasteiger partial charge is 0.335 e. The summed E-state index contributed by atoms with van der Waals surface area (Å²) in [5.74, 6) is 1.21. The Morgan fingerprint density at radius 3 is 2.96 bits per heavy atom. The Morgan fingerprint density at radius 2 is 2.21 bits per heavy atom. The number of benzene rings is 1. The third-order valence-corrected chi connectivity index (χ3v) is 4.18. The van der Waals surface area contributed by atoms with Gasteiger partial charge in [-0.15, -0.1) is 0 Å². The molecular formula is C18H23FN4O. The Balaban J connectivity index is 1.48. The highest BCUT2D eigenvalue weighted by molar-refractivity contribution is 5.74. The maximum absolute atomic E-state index is 13.7. The van der Waals surface area contributed by atoms with Gasteiger partial charge in [0.2, 0.25) is 0 Å². The van der Waals surface area contributed by atoms with Gasteiger partial charge in [-0.05, 0) is 24.0 Å². The SMILES string of the molecule is CC(C)Cn1ccnc1CNC(=O)N[C@@H]1C[C@@H]1c1ccccc1F. The molecule has 2 atom stereocenters. The maximum Gasteiger partial charge on any atom is 0.315 e. The van der Waals surface area contributed by atoms with Crippen molar-refractivity contribution in [2.75, 3.05) is 0 Å². The molecule has 1 aliphatic carbocycles. The predicted molar refractivity (Wildman–Crippen MR) is 90.0 cm³/mol. The zero-order chi connectivity index (χ0) is 17.1. The van der Waals surface area contributed by atoms with E-state index in [-0.39, 0.29) is 23.8 Å². The highest BCUT2D eigenvalue weighted by atomic mass is 19.1. The van der Waals surface area contributed by atoms with E-state index in [1.165, 1.54) is 6.07 Å². The Kier molecular flexibility index (Phi) is 4.83. The van der Waals surface area contributed by atoms with Crippen molar-refractivity contribution in [3.05, 3.63) is 53.9 Å². The fourth-order valence-electron chi connectivity index (χ4n) is 2.92. The molecule has 0 spiro atoms. The van der Waals surface area contributed by atoms with Crippen molar-refractivity contribution in [2.24, 2.45) is 5.92 Å². The highest BCUT2D eigenvalue weighted by Crippen LogP contribution is 2.41. The van der Waals surface area contributed by atoms with Gasteiger partial charge >= 0.3 is 6.03 Å². The molecule has 0 aliphatic heterocycles. The average Bonchev–Trinajstić information content (AvgIpc) is 3.14. The van der Waals surface area contributed by atoms with Crippen LogP contribution in [0.25, 0.3) is 0 Å². The first kappa shape index (κ1) is 16.5. The highest BCUT2D eigenvalue weighted by Gasteiger charge is 2.40. The van der Waals surface area contributed by atoms with E-state index in [4.69, 9.17) is 0 Å². The number of hydrogen-bond acceptors (Lipinski definition) is 2. The van der Waals surface area contributed by atoms with E-state index < -0.39 is 0 Å². The van der Waals surface area contributed by atoms with E-state index >= 15 is 0 Å². The van der Waals surface area contributed by atoms with Crippen LogP contribution in [0.2, 0.25) is 0 Å². The molecule has 2 N–H and O–H groups in total. The van der Waals surface area contributed by atoms with E-state index in [0.717, 1.165) is 18.8 Å². The second kappa shape index (κ2) is 7.03. The zero-order valence-corrected chi connectivity index (χ0v) is 14.0. The Morgan fingerprint density at radius 1 is 1.42 bits per heavy atom. The summed E-state index contributed by atoms with van der Waals surface area (Å²) < 4.78 is 15.8. The fourth-order valence-corrected chi connectivity index (χ4v) is 2.92. The second-order valence-corrected chi connectivity index (χ2v) is 6.69. The number of rotatable bonds is 6. The third kappa shape index (κ3) is 3.93. The van der Waals surface area contributed by atoms with Crippen LogP contribution >= 0.6 is 0 Å². The lowest BCUT2D eigenvalue weighted by Crippen LogP contribution is -2.37. The van der Waals surface area contributed by atoms with Gasteiger partial charge in [0.25, 0.3) is 0 Å². The van der Waals surface area contributed by atoms with E-state index in [2.05, 4.69) is 29.5 Å². The number of carbonyl (C=O) groups excluding carboxylic acids is 1. The number of aromatic nitrogens is 2. The van der Waals surface area contributed by atoms with E-state index in [9.17, 15) is 9.18 Å². The van der Waals surface area contributed by atoms with Gasteiger partial charge in [0.15, 0.2) is 0 Å². The molecule has 0 saturated heterocycles. The van der Waals surface area contributed by atoms with E-state index in [1.54, 1.807) is 18.3 Å². The van der Waals surface area contributed by atoms with Crippen molar-refractivity contribution in [3.8, 4) is 0 Å². The summed E-state index contributed by atoms with van der Waals surface area (Å²) in [6.45, 7) is 5.53. The smallest absolute Gasteiger partial charge is 0.315 e. The maximum atomic E-state index is 13.7. The Labute approximate surface area is 141 Å². The van der Waals surface area contributed by atoms with Gasteiger partial charge in [-0.25, -0.2) is 14.2 Å². The molecule has 2 aromatic rings. The minimum atomic E-state index is -0.238. The first-order chi connectivity index (χ1) is 11.5. The van der Waals surface area contributed by atoms with Crippen LogP contribution in [0, 0.1) is 11.7 Å². The molecule has 1 saturated carbocycles. The lowest BCUT2D eigenvalue weighted by molar-refractivity contribution is 0.239. The van der Waals surface area contributed by atoms with Gasteiger partial charge in [-0.3, -0.25) is 0 Å². The molecule has 6 heteroatoms. The average molecular weight is 330 g/mol. The molecule has 0 unspecified atom stereocenters. The van der Waals surface area contributed by atoms with Crippen LogP contribution in [0.5, 0.6) is 0 Å². The van der Waals surface area contributed by atoms with Crippen LogP contribution in [-0.4, -0.2) is 21.6 Å². The quantitative estimate of drug-likeness (QED) is 0.855.